The fourth-order valence-electron chi connectivity index (χ4n) is 2.25. The Bertz CT molecular complexity index is 611. The van der Waals surface area contributed by atoms with Crippen LogP contribution >= 0.6 is 11.6 Å². The largest absolute Gasteiger partial charge is 0.293 e. The molecule has 1 aliphatic carbocycles. The molecule has 0 radical (unpaired) electrons. The van der Waals surface area contributed by atoms with E-state index in [-0.39, 0.29) is 5.91 Å². The molecule has 3 rings (SSSR count). The number of amides is 1. The van der Waals surface area contributed by atoms with Gasteiger partial charge in [0.1, 0.15) is 5.82 Å². The third-order valence-electron chi connectivity index (χ3n) is 3.32. The van der Waals surface area contributed by atoms with Crippen LogP contribution in [-0.2, 0) is 11.2 Å². The fourth-order valence-corrected chi connectivity index (χ4v) is 2.47. The van der Waals surface area contributed by atoms with E-state index >= 15 is 0 Å². The second-order valence-electron chi connectivity index (χ2n) is 4.99. The van der Waals surface area contributed by atoms with E-state index < -0.39 is 0 Å². The summed E-state index contributed by atoms with van der Waals surface area (Å²) in [5.41, 5.74) is 0.934. The van der Waals surface area contributed by atoms with Gasteiger partial charge in [-0.2, -0.15) is 0 Å². The topological polar surface area (TPSA) is 33.2 Å². The zero-order valence-electron chi connectivity index (χ0n) is 11.0. The summed E-state index contributed by atoms with van der Waals surface area (Å²) in [6.45, 7) is 0. The highest BCUT2D eigenvalue weighted by Crippen LogP contribution is 2.31. The van der Waals surface area contributed by atoms with Crippen molar-refractivity contribution in [3.63, 3.8) is 0 Å². The van der Waals surface area contributed by atoms with Gasteiger partial charge >= 0.3 is 0 Å². The lowest BCUT2D eigenvalue weighted by Crippen LogP contribution is -2.34. The monoisotopic (exact) mass is 286 g/mol. The summed E-state index contributed by atoms with van der Waals surface area (Å²) in [4.78, 5) is 18.7. The summed E-state index contributed by atoms with van der Waals surface area (Å²) in [5, 5.41) is 0.658. The molecule has 0 unspecified atom stereocenters. The van der Waals surface area contributed by atoms with Gasteiger partial charge in [0.25, 0.3) is 0 Å². The maximum atomic E-state index is 12.5. The Morgan fingerprint density at radius 3 is 2.75 bits per heavy atom. The van der Waals surface area contributed by atoms with Gasteiger partial charge in [-0.3, -0.25) is 9.69 Å². The van der Waals surface area contributed by atoms with Crippen molar-refractivity contribution in [1.29, 1.82) is 0 Å². The molecule has 1 heterocycles. The Labute approximate surface area is 123 Å². The molecule has 1 aromatic heterocycles. The molecule has 1 fully saturated rings. The third kappa shape index (κ3) is 2.99. The van der Waals surface area contributed by atoms with Crippen molar-refractivity contribution in [3.05, 3.63) is 59.2 Å². The van der Waals surface area contributed by atoms with Crippen LogP contribution in [0.3, 0.4) is 0 Å². The Kier molecular flexibility index (Phi) is 3.70. The molecule has 0 atom stereocenters. The van der Waals surface area contributed by atoms with Gasteiger partial charge in [-0.15, -0.1) is 0 Å². The average Bonchev–Trinajstić information content (AvgIpc) is 3.25. The van der Waals surface area contributed by atoms with Crippen LogP contribution in [0.5, 0.6) is 0 Å². The summed E-state index contributed by atoms with van der Waals surface area (Å²) < 4.78 is 0. The van der Waals surface area contributed by atoms with Gasteiger partial charge < -0.3 is 0 Å². The standard InChI is InChI=1S/C16H15ClN2O/c17-13-5-3-4-12(10-13)11-16(20)19(14-7-8-14)15-6-1-2-9-18-15/h1-6,9-10,14H,7-8,11H2. The number of nitrogens with zero attached hydrogens (tertiary/aromatic N) is 2. The zero-order chi connectivity index (χ0) is 13.9. The molecular formula is C16H15ClN2O. The van der Waals surface area contributed by atoms with Crippen LogP contribution in [0.15, 0.2) is 48.7 Å². The van der Waals surface area contributed by atoms with Crippen LogP contribution in [-0.4, -0.2) is 16.9 Å². The van der Waals surface area contributed by atoms with Gasteiger partial charge in [0.05, 0.1) is 6.42 Å². The summed E-state index contributed by atoms with van der Waals surface area (Å²) in [6.07, 6.45) is 4.18. The molecule has 0 N–H and O–H groups in total. The van der Waals surface area contributed by atoms with E-state index in [4.69, 9.17) is 11.6 Å². The molecule has 1 aromatic carbocycles. The number of carbonyl (C=O) groups is 1. The van der Waals surface area contributed by atoms with Crippen molar-refractivity contribution in [2.24, 2.45) is 0 Å². The zero-order valence-corrected chi connectivity index (χ0v) is 11.8. The number of aromatic nitrogens is 1. The normalized spacial score (nSPS) is 14.1. The van der Waals surface area contributed by atoms with Crippen molar-refractivity contribution in [3.8, 4) is 0 Å². The first kappa shape index (κ1) is 13.1. The Morgan fingerprint density at radius 1 is 1.25 bits per heavy atom. The van der Waals surface area contributed by atoms with Gasteiger partial charge in [0, 0.05) is 17.3 Å². The number of rotatable bonds is 4. The first-order chi connectivity index (χ1) is 9.74. The van der Waals surface area contributed by atoms with Gasteiger partial charge in [0.15, 0.2) is 0 Å². The van der Waals surface area contributed by atoms with Crippen LogP contribution in [0.1, 0.15) is 18.4 Å². The molecule has 2 aromatic rings. The molecule has 0 saturated heterocycles. The van der Waals surface area contributed by atoms with Crippen LogP contribution in [0.4, 0.5) is 5.82 Å². The van der Waals surface area contributed by atoms with Crippen LogP contribution in [0.25, 0.3) is 0 Å². The molecule has 0 bridgehead atoms. The minimum atomic E-state index is 0.0773. The number of hydrogen-bond donors (Lipinski definition) is 0. The Balaban J connectivity index is 1.80. The molecule has 1 amide bonds. The smallest absolute Gasteiger partial charge is 0.232 e. The van der Waals surface area contributed by atoms with E-state index in [2.05, 4.69) is 4.98 Å². The molecule has 0 spiro atoms. The predicted octanol–water partition coefficient (Wildman–Crippen LogP) is 3.47. The molecule has 102 valence electrons. The van der Waals surface area contributed by atoms with Gasteiger partial charge in [-0.25, -0.2) is 4.98 Å². The van der Waals surface area contributed by atoms with E-state index in [1.807, 2.05) is 47.4 Å². The summed E-state index contributed by atoms with van der Waals surface area (Å²) in [7, 11) is 0. The predicted molar refractivity (Wildman–Crippen MR) is 79.9 cm³/mol. The molecular weight excluding hydrogens is 272 g/mol. The fraction of sp³-hybridized carbons (Fsp3) is 0.250. The van der Waals surface area contributed by atoms with Crippen molar-refractivity contribution in [2.45, 2.75) is 25.3 Å². The van der Waals surface area contributed by atoms with E-state index in [0.717, 1.165) is 24.2 Å². The van der Waals surface area contributed by atoms with Gasteiger partial charge in [0.2, 0.25) is 5.91 Å². The first-order valence-electron chi connectivity index (χ1n) is 6.71. The van der Waals surface area contributed by atoms with E-state index in [1.165, 1.54) is 0 Å². The molecule has 4 heteroatoms. The molecule has 1 saturated carbocycles. The quantitative estimate of drug-likeness (QED) is 0.862. The van der Waals surface area contributed by atoms with Gasteiger partial charge in [-0.1, -0.05) is 29.8 Å². The van der Waals surface area contributed by atoms with E-state index in [9.17, 15) is 4.79 Å². The molecule has 3 nitrogen and oxygen atoms in total. The number of benzene rings is 1. The minimum Gasteiger partial charge on any atom is -0.293 e. The maximum Gasteiger partial charge on any atom is 0.232 e. The second-order valence-corrected chi connectivity index (χ2v) is 5.43. The first-order valence-corrected chi connectivity index (χ1v) is 7.09. The summed E-state index contributed by atoms with van der Waals surface area (Å²) in [5.74, 6) is 0.815. The highest BCUT2D eigenvalue weighted by molar-refractivity contribution is 6.30. The van der Waals surface area contributed by atoms with Crippen molar-refractivity contribution in [1.82, 2.24) is 4.98 Å². The number of anilines is 1. The van der Waals surface area contributed by atoms with E-state index in [0.29, 0.717) is 17.5 Å². The van der Waals surface area contributed by atoms with Crippen LogP contribution in [0, 0.1) is 0 Å². The summed E-state index contributed by atoms with van der Waals surface area (Å²) in [6, 6.07) is 13.4. The highest BCUT2D eigenvalue weighted by Gasteiger charge is 2.34. The number of carbonyl (C=O) groups excluding carboxylic acids is 1. The molecule has 1 aliphatic rings. The second kappa shape index (κ2) is 5.63. The Morgan fingerprint density at radius 2 is 2.10 bits per heavy atom. The minimum absolute atomic E-state index is 0.0773. The van der Waals surface area contributed by atoms with Crippen molar-refractivity contribution in [2.75, 3.05) is 4.90 Å². The SMILES string of the molecule is O=C(Cc1cccc(Cl)c1)N(c1ccccn1)C1CC1. The number of hydrogen-bond acceptors (Lipinski definition) is 2. The van der Waals surface area contributed by atoms with Crippen molar-refractivity contribution < 1.29 is 4.79 Å². The lowest BCUT2D eigenvalue weighted by atomic mass is 10.1. The number of pyridine rings is 1. The van der Waals surface area contributed by atoms with Gasteiger partial charge in [-0.05, 0) is 42.7 Å². The van der Waals surface area contributed by atoms with Crippen LogP contribution in [0.2, 0.25) is 5.02 Å². The maximum absolute atomic E-state index is 12.5. The lowest BCUT2D eigenvalue weighted by molar-refractivity contribution is -0.118. The van der Waals surface area contributed by atoms with Crippen LogP contribution < -0.4 is 4.90 Å². The Hall–Kier alpha value is -1.87. The highest BCUT2D eigenvalue weighted by atomic mass is 35.5. The van der Waals surface area contributed by atoms with Crippen molar-refractivity contribution >= 4 is 23.3 Å². The number of halogens is 1. The van der Waals surface area contributed by atoms with E-state index in [1.54, 1.807) is 6.20 Å². The molecule has 20 heavy (non-hydrogen) atoms. The third-order valence-corrected chi connectivity index (χ3v) is 3.56. The lowest BCUT2D eigenvalue weighted by Gasteiger charge is -2.21. The molecule has 0 aliphatic heterocycles. The summed E-state index contributed by atoms with van der Waals surface area (Å²) >= 11 is 5.96. The average molecular weight is 287 g/mol.